The molecule has 0 saturated heterocycles. The SMILES string of the molecule is Oc1nc(NCc2ccccc2F)[nH]c1/C=C1\C=Nc2ncccc21. The number of nitrogens with one attached hydrogen (secondary N) is 2. The highest BCUT2D eigenvalue weighted by atomic mass is 19.1. The fourth-order valence-corrected chi connectivity index (χ4v) is 2.58. The molecule has 0 fully saturated rings. The third kappa shape index (κ3) is 2.99. The van der Waals surface area contributed by atoms with Gasteiger partial charge in [-0.25, -0.2) is 14.4 Å². The molecule has 0 unspecified atom stereocenters. The number of H-pyrrole nitrogens is 1. The first-order chi connectivity index (χ1) is 12.2. The van der Waals surface area contributed by atoms with Crippen LogP contribution in [-0.4, -0.2) is 26.3 Å². The predicted molar refractivity (Wildman–Crippen MR) is 94.2 cm³/mol. The molecule has 0 aliphatic carbocycles. The van der Waals surface area contributed by atoms with Crippen molar-refractivity contribution in [2.75, 3.05) is 5.32 Å². The van der Waals surface area contributed by atoms with Crippen molar-refractivity contribution in [2.45, 2.75) is 6.54 Å². The minimum absolute atomic E-state index is 0.144. The normalized spacial score (nSPS) is 14.0. The van der Waals surface area contributed by atoms with E-state index in [1.165, 1.54) is 6.07 Å². The summed E-state index contributed by atoms with van der Waals surface area (Å²) in [6, 6.07) is 10.2. The number of hydrogen-bond acceptors (Lipinski definition) is 5. The van der Waals surface area contributed by atoms with Crippen LogP contribution in [0.4, 0.5) is 16.2 Å². The van der Waals surface area contributed by atoms with Gasteiger partial charge in [0.25, 0.3) is 0 Å². The highest BCUT2D eigenvalue weighted by Gasteiger charge is 2.15. The molecular weight excluding hydrogens is 321 g/mol. The Labute approximate surface area is 142 Å². The van der Waals surface area contributed by atoms with Gasteiger partial charge in [-0.3, -0.25) is 0 Å². The molecule has 1 aliphatic rings. The van der Waals surface area contributed by atoms with E-state index in [9.17, 15) is 9.50 Å². The third-order valence-corrected chi connectivity index (χ3v) is 3.84. The van der Waals surface area contributed by atoms with Crippen LogP contribution in [0.1, 0.15) is 16.8 Å². The number of aromatic hydroxyl groups is 1. The fourth-order valence-electron chi connectivity index (χ4n) is 2.58. The lowest BCUT2D eigenvalue weighted by molar-refractivity contribution is 0.455. The maximum atomic E-state index is 13.6. The summed E-state index contributed by atoms with van der Waals surface area (Å²) in [5, 5.41) is 13.0. The molecule has 6 nitrogen and oxygen atoms in total. The van der Waals surface area contributed by atoms with Crippen molar-refractivity contribution in [3.63, 3.8) is 0 Å². The second-order valence-electron chi connectivity index (χ2n) is 5.50. The number of hydrogen-bond donors (Lipinski definition) is 3. The number of imidazole rings is 1. The number of aromatic amines is 1. The molecule has 0 bridgehead atoms. The molecule has 25 heavy (non-hydrogen) atoms. The second-order valence-corrected chi connectivity index (χ2v) is 5.50. The molecule has 1 aromatic carbocycles. The van der Waals surface area contributed by atoms with Crippen molar-refractivity contribution < 1.29 is 9.50 Å². The van der Waals surface area contributed by atoms with Gasteiger partial charge in [-0.05, 0) is 24.3 Å². The zero-order valence-electron chi connectivity index (χ0n) is 13.1. The highest BCUT2D eigenvalue weighted by Crippen LogP contribution is 2.31. The highest BCUT2D eigenvalue weighted by molar-refractivity contribution is 6.20. The van der Waals surface area contributed by atoms with Crippen LogP contribution in [-0.2, 0) is 6.54 Å². The molecule has 0 spiro atoms. The summed E-state index contributed by atoms with van der Waals surface area (Å²) in [5.74, 6) is 0.563. The van der Waals surface area contributed by atoms with Crippen LogP contribution in [0, 0.1) is 5.82 Å². The molecule has 0 saturated carbocycles. The molecule has 2 aromatic heterocycles. The van der Waals surface area contributed by atoms with Gasteiger partial charge < -0.3 is 15.4 Å². The van der Waals surface area contributed by atoms with Gasteiger partial charge in [0.2, 0.25) is 11.8 Å². The van der Waals surface area contributed by atoms with Gasteiger partial charge in [-0.1, -0.05) is 18.2 Å². The van der Waals surface area contributed by atoms with E-state index in [1.807, 2.05) is 12.1 Å². The van der Waals surface area contributed by atoms with Gasteiger partial charge in [0.1, 0.15) is 11.5 Å². The number of allylic oxidation sites excluding steroid dienone is 1. The van der Waals surface area contributed by atoms with Gasteiger partial charge in [-0.2, -0.15) is 4.98 Å². The molecule has 0 atom stereocenters. The van der Waals surface area contributed by atoms with Crippen molar-refractivity contribution in [1.82, 2.24) is 15.0 Å². The van der Waals surface area contributed by atoms with E-state index >= 15 is 0 Å². The number of aliphatic imine (C=N–C) groups is 1. The van der Waals surface area contributed by atoms with Crippen molar-refractivity contribution in [3.05, 3.63) is 65.2 Å². The van der Waals surface area contributed by atoms with Crippen LogP contribution < -0.4 is 5.32 Å². The van der Waals surface area contributed by atoms with Crippen molar-refractivity contribution in [3.8, 4) is 5.88 Å². The Morgan fingerprint density at radius 3 is 2.96 bits per heavy atom. The lowest BCUT2D eigenvalue weighted by Crippen LogP contribution is -2.02. The van der Waals surface area contributed by atoms with E-state index in [1.54, 1.807) is 36.7 Å². The smallest absolute Gasteiger partial charge is 0.238 e. The Kier molecular flexibility index (Phi) is 3.74. The number of aromatic nitrogens is 3. The first-order valence-electron chi connectivity index (χ1n) is 7.68. The van der Waals surface area contributed by atoms with Crippen LogP contribution in [0.15, 0.2) is 47.6 Å². The topological polar surface area (TPSA) is 86.2 Å². The molecule has 3 N–H and O–H groups in total. The molecular formula is C18H14FN5O. The summed E-state index contributed by atoms with van der Waals surface area (Å²) in [6.45, 7) is 0.254. The quantitative estimate of drug-likeness (QED) is 0.681. The summed E-state index contributed by atoms with van der Waals surface area (Å²) in [5.41, 5.74) is 2.66. The average Bonchev–Trinajstić information content (AvgIpc) is 3.19. The number of halogens is 1. The zero-order chi connectivity index (χ0) is 17.2. The molecule has 3 heterocycles. The summed E-state index contributed by atoms with van der Waals surface area (Å²) in [6.07, 6.45) is 5.11. The minimum Gasteiger partial charge on any atom is -0.492 e. The molecule has 3 aromatic rings. The maximum absolute atomic E-state index is 13.6. The maximum Gasteiger partial charge on any atom is 0.238 e. The van der Waals surface area contributed by atoms with Gasteiger partial charge in [-0.15, -0.1) is 0 Å². The summed E-state index contributed by atoms with van der Waals surface area (Å²) < 4.78 is 13.6. The first kappa shape index (κ1) is 15.1. The van der Waals surface area contributed by atoms with E-state index in [0.717, 1.165) is 11.1 Å². The van der Waals surface area contributed by atoms with E-state index in [-0.39, 0.29) is 18.2 Å². The minimum atomic E-state index is -0.292. The van der Waals surface area contributed by atoms with Crippen LogP contribution in [0.2, 0.25) is 0 Å². The first-order valence-corrected chi connectivity index (χ1v) is 7.68. The number of anilines is 1. The lowest BCUT2D eigenvalue weighted by atomic mass is 10.1. The lowest BCUT2D eigenvalue weighted by Gasteiger charge is -2.03. The molecule has 124 valence electrons. The van der Waals surface area contributed by atoms with E-state index < -0.39 is 0 Å². The molecule has 0 radical (unpaired) electrons. The van der Waals surface area contributed by atoms with Crippen molar-refractivity contribution in [1.29, 1.82) is 0 Å². The largest absolute Gasteiger partial charge is 0.492 e. The Bertz CT molecular complexity index is 993. The van der Waals surface area contributed by atoms with Crippen LogP contribution in [0.3, 0.4) is 0 Å². The number of benzene rings is 1. The number of fused-ring (bicyclic) bond motifs is 1. The molecule has 1 aliphatic heterocycles. The molecule has 7 heteroatoms. The summed E-state index contributed by atoms with van der Waals surface area (Å²) in [4.78, 5) is 15.4. The predicted octanol–water partition coefficient (Wildman–Crippen LogP) is 3.52. The Morgan fingerprint density at radius 2 is 2.08 bits per heavy atom. The summed E-state index contributed by atoms with van der Waals surface area (Å²) in [7, 11) is 0. The van der Waals surface area contributed by atoms with Crippen molar-refractivity contribution in [2.24, 2.45) is 4.99 Å². The van der Waals surface area contributed by atoms with Gasteiger partial charge >= 0.3 is 0 Å². The fraction of sp³-hybridized carbons (Fsp3) is 0.0556. The monoisotopic (exact) mass is 335 g/mol. The average molecular weight is 335 g/mol. The van der Waals surface area contributed by atoms with Crippen LogP contribution >= 0.6 is 0 Å². The van der Waals surface area contributed by atoms with Gasteiger partial charge in [0, 0.05) is 35.7 Å². The number of nitrogens with zero attached hydrogens (tertiary/aromatic N) is 3. The number of rotatable bonds is 4. The van der Waals surface area contributed by atoms with Crippen LogP contribution in [0.25, 0.3) is 11.6 Å². The zero-order valence-corrected chi connectivity index (χ0v) is 13.1. The van der Waals surface area contributed by atoms with E-state index in [0.29, 0.717) is 23.0 Å². The standard InChI is InChI=1S/C18H14FN5O/c19-14-6-2-1-4-11(14)9-22-18-23-15(17(25)24-18)8-12-10-21-16-13(12)5-3-7-20-16/h1-8,10,25H,9H2,(H2,22,23,24)/b12-8+. The third-order valence-electron chi connectivity index (χ3n) is 3.84. The Morgan fingerprint density at radius 1 is 1.20 bits per heavy atom. The Hall–Kier alpha value is -3.48. The molecule has 4 rings (SSSR count). The summed E-state index contributed by atoms with van der Waals surface area (Å²) >= 11 is 0. The van der Waals surface area contributed by atoms with Crippen molar-refractivity contribution >= 4 is 29.6 Å². The van der Waals surface area contributed by atoms with E-state index in [2.05, 4.69) is 25.3 Å². The number of pyridine rings is 1. The molecule has 0 amide bonds. The van der Waals surface area contributed by atoms with E-state index in [4.69, 9.17) is 0 Å². The van der Waals surface area contributed by atoms with Gasteiger partial charge in [0.15, 0.2) is 5.82 Å². The Balaban J connectivity index is 1.55. The van der Waals surface area contributed by atoms with Crippen LogP contribution in [0.5, 0.6) is 5.88 Å². The second kappa shape index (κ2) is 6.20. The van der Waals surface area contributed by atoms with Gasteiger partial charge in [0.05, 0.1) is 0 Å².